The van der Waals surface area contributed by atoms with Crippen LogP contribution < -0.4 is 0 Å². The summed E-state index contributed by atoms with van der Waals surface area (Å²) in [5.41, 5.74) is 0. The fourth-order valence-electron chi connectivity index (χ4n) is 1.60. The minimum Gasteiger partial charge on any atom is -0.316 e. The van der Waals surface area contributed by atoms with E-state index in [-0.39, 0.29) is 0 Å². The monoisotopic (exact) mass is 160 g/mol. The molecule has 60 valence electrons. The largest absolute Gasteiger partial charge is 0.316 e. The Labute approximate surface area is 67.7 Å². The normalized spacial score (nSPS) is 20.1. The summed E-state index contributed by atoms with van der Waals surface area (Å²) in [6.45, 7) is 0.950. The van der Waals surface area contributed by atoms with Crippen molar-refractivity contribution in [3.63, 3.8) is 0 Å². The van der Waals surface area contributed by atoms with E-state index in [1.165, 1.54) is 44.1 Å². The Balaban J connectivity index is 1.91. The van der Waals surface area contributed by atoms with Crippen LogP contribution in [0.1, 0.15) is 32.1 Å². The third-order valence-corrected chi connectivity index (χ3v) is 2.60. The molecule has 1 rings (SSSR count). The van der Waals surface area contributed by atoms with Gasteiger partial charge in [0.25, 0.3) is 0 Å². The summed E-state index contributed by atoms with van der Waals surface area (Å²) in [4.78, 5) is 0. The molecule has 0 aromatic rings. The zero-order valence-corrected chi connectivity index (χ0v) is 7.45. The van der Waals surface area contributed by atoms with E-state index in [2.05, 4.69) is 0 Å². The molecular weight excluding hydrogens is 144 g/mol. The van der Waals surface area contributed by atoms with Gasteiger partial charge in [-0.1, -0.05) is 25.7 Å². The first kappa shape index (κ1) is 8.41. The summed E-state index contributed by atoms with van der Waals surface area (Å²) in [5, 5.41) is 0. The zero-order valence-electron chi connectivity index (χ0n) is 6.64. The van der Waals surface area contributed by atoms with E-state index in [0.717, 1.165) is 12.5 Å². The van der Waals surface area contributed by atoms with Crippen molar-refractivity contribution in [2.75, 3.05) is 12.9 Å². The third kappa shape index (κ3) is 2.93. The van der Waals surface area contributed by atoms with Gasteiger partial charge in [-0.2, -0.15) is 0 Å². The lowest BCUT2D eigenvalue weighted by atomic mass is 10.1. The van der Waals surface area contributed by atoms with E-state index in [9.17, 15) is 0 Å². The summed E-state index contributed by atoms with van der Waals surface area (Å²) in [6, 6.07) is 0. The van der Waals surface area contributed by atoms with Crippen molar-refractivity contribution in [2.45, 2.75) is 32.1 Å². The second-order valence-electron chi connectivity index (χ2n) is 2.93. The molecule has 1 fully saturated rings. The highest BCUT2D eigenvalue weighted by Crippen LogP contribution is 2.27. The van der Waals surface area contributed by atoms with Gasteiger partial charge >= 0.3 is 0 Å². The van der Waals surface area contributed by atoms with Crippen LogP contribution in [0.25, 0.3) is 0 Å². The first-order valence-corrected chi connectivity index (χ1v) is 5.24. The van der Waals surface area contributed by atoms with E-state index in [1.807, 2.05) is 6.26 Å². The summed E-state index contributed by atoms with van der Waals surface area (Å²) in [5.74, 6) is 0.979. The predicted molar refractivity (Wildman–Crippen MR) is 46.0 cm³/mol. The van der Waals surface area contributed by atoms with Gasteiger partial charge in [-0.15, -0.1) is 0 Å². The number of hydrogen-bond donors (Lipinski definition) is 0. The Morgan fingerprint density at radius 1 is 1.40 bits per heavy atom. The average molecular weight is 160 g/mol. The van der Waals surface area contributed by atoms with Crippen molar-refractivity contribution >= 4 is 12.0 Å². The van der Waals surface area contributed by atoms with Crippen LogP contribution >= 0.6 is 12.0 Å². The van der Waals surface area contributed by atoms with Crippen molar-refractivity contribution in [2.24, 2.45) is 5.92 Å². The highest BCUT2D eigenvalue weighted by Gasteiger charge is 2.13. The van der Waals surface area contributed by atoms with Crippen molar-refractivity contribution < 1.29 is 4.18 Å². The Hall–Kier alpha value is 0.310. The van der Waals surface area contributed by atoms with Gasteiger partial charge in [-0.25, -0.2) is 0 Å². The van der Waals surface area contributed by atoms with Crippen LogP contribution in [0.2, 0.25) is 0 Å². The van der Waals surface area contributed by atoms with Gasteiger partial charge in [0.1, 0.15) is 0 Å². The van der Waals surface area contributed by atoms with E-state index in [0.29, 0.717) is 0 Å². The highest BCUT2D eigenvalue weighted by molar-refractivity contribution is 7.93. The van der Waals surface area contributed by atoms with Gasteiger partial charge in [0.05, 0.1) is 6.61 Å². The Morgan fingerprint density at radius 2 is 2.10 bits per heavy atom. The molecule has 0 saturated heterocycles. The van der Waals surface area contributed by atoms with Crippen molar-refractivity contribution in [1.29, 1.82) is 0 Å². The lowest BCUT2D eigenvalue weighted by molar-refractivity contribution is 0.321. The average Bonchev–Trinajstić information content (AvgIpc) is 2.41. The lowest BCUT2D eigenvalue weighted by Gasteiger charge is -2.06. The SMILES string of the molecule is CSOCCC1CCCC1. The summed E-state index contributed by atoms with van der Waals surface area (Å²) in [7, 11) is 0. The van der Waals surface area contributed by atoms with Crippen LogP contribution in [-0.4, -0.2) is 12.9 Å². The molecule has 0 N–H and O–H groups in total. The van der Waals surface area contributed by atoms with E-state index in [4.69, 9.17) is 4.18 Å². The van der Waals surface area contributed by atoms with Crippen molar-refractivity contribution in [3.05, 3.63) is 0 Å². The molecule has 0 unspecified atom stereocenters. The van der Waals surface area contributed by atoms with Crippen molar-refractivity contribution in [3.8, 4) is 0 Å². The fourth-order valence-corrected chi connectivity index (χ4v) is 1.86. The molecule has 10 heavy (non-hydrogen) atoms. The molecule has 2 heteroatoms. The molecule has 0 radical (unpaired) electrons. The van der Waals surface area contributed by atoms with Gasteiger partial charge < -0.3 is 4.18 Å². The predicted octanol–water partition coefficient (Wildman–Crippen LogP) is 2.86. The van der Waals surface area contributed by atoms with Gasteiger partial charge in [0.15, 0.2) is 0 Å². The Morgan fingerprint density at radius 3 is 2.70 bits per heavy atom. The molecule has 0 amide bonds. The first-order valence-electron chi connectivity index (χ1n) is 4.09. The Bertz CT molecular complexity index is 79.3. The molecule has 0 spiro atoms. The molecule has 0 aromatic heterocycles. The van der Waals surface area contributed by atoms with E-state index >= 15 is 0 Å². The molecule has 0 aliphatic heterocycles. The number of rotatable bonds is 4. The fraction of sp³-hybridized carbons (Fsp3) is 1.00. The summed E-state index contributed by atoms with van der Waals surface area (Å²) in [6.07, 6.45) is 9.04. The summed E-state index contributed by atoms with van der Waals surface area (Å²) >= 11 is 1.48. The van der Waals surface area contributed by atoms with E-state index < -0.39 is 0 Å². The standard InChI is InChI=1S/C8H16OS/c1-10-9-7-6-8-4-2-3-5-8/h8H,2-7H2,1H3. The quantitative estimate of drug-likeness (QED) is 0.462. The third-order valence-electron chi connectivity index (χ3n) is 2.20. The zero-order chi connectivity index (χ0) is 7.23. The molecule has 1 saturated carbocycles. The van der Waals surface area contributed by atoms with Crippen LogP contribution in [-0.2, 0) is 4.18 Å². The van der Waals surface area contributed by atoms with Gasteiger partial charge in [-0.05, 0) is 24.4 Å². The molecule has 1 aliphatic rings. The van der Waals surface area contributed by atoms with Crippen LogP contribution in [0.4, 0.5) is 0 Å². The van der Waals surface area contributed by atoms with Crippen LogP contribution in [0.3, 0.4) is 0 Å². The van der Waals surface area contributed by atoms with E-state index in [1.54, 1.807) is 0 Å². The van der Waals surface area contributed by atoms with Crippen LogP contribution in [0.15, 0.2) is 0 Å². The van der Waals surface area contributed by atoms with Crippen molar-refractivity contribution in [1.82, 2.24) is 0 Å². The second kappa shape index (κ2) is 5.03. The molecule has 0 aromatic carbocycles. The van der Waals surface area contributed by atoms with Crippen LogP contribution in [0, 0.1) is 5.92 Å². The summed E-state index contributed by atoms with van der Waals surface area (Å²) < 4.78 is 5.21. The smallest absolute Gasteiger partial charge is 0.0616 e. The maximum absolute atomic E-state index is 5.21. The minimum absolute atomic E-state index is 0.950. The topological polar surface area (TPSA) is 9.23 Å². The van der Waals surface area contributed by atoms with Gasteiger partial charge in [0.2, 0.25) is 0 Å². The van der Waals surface area contributed by atoms with Crippen LogP contribution in [0.5, 0.6) is 0 Å². The lowest BCUT2D eigenvalue weighted by Crippen LogP contribution is -1.97. The Kier molecular flexibility index (Phi) is 4.23. The maximum atomic E-state index is 5.21. The van der Waals surface area contributed by atoms with Gasteiger partial charge in [-0.3, -0.25) is 0 Å². The number of hydrogen-bond acceptors (Lipinski definition) is 2. The molecular formula is C8H16OS. The molecule has 0 heterocycles. The minimum atomic E-state index is 0.950. The first-order chi connectivity index (χ1) is 4.93. The highest BCUT2D eigenvalue weighted by atomic mass is 32.2. The molecule has 1 nitrogen and oxygen atoms in total. The molecule has 0 bridgehead atoms. The molecule has 1 aliphatic carbocycles. The van der Waals surface area contributed by atoms with Gasteiger partial charge in [0, 0.05) is 6.26 Å². The maximum Gasteiger partial charge on any atom is 0.0616 e. The molecule has 0 atom stereocenters. The second-order valence-corrected chi connectivity index (χ2v) is 3.50.